The Morgan fingerprint density at radius 3 is 1.86 bits per heavy atom. The summed E-state index contributed by atoms with van der Waals surface area (Å²) < 4.78 is 6.08. The average molecular weight is 339 g/mol. The van der Waals surface area contributed by atoms with E-state index >= 15 is 0 Å². The van der Waals surface area contributed by atoms with E-state index in [-0.39, 0.29) is 47.0 Å². The maximum atomic E-state index is 6.08. The molecular weight excluding hydrogens is 315 g/mol. The third-order valence-electron chi connectivity index (χ3n) is 2.41. The van der Waals surface area contributed by atoms with Crippen LogP contribution in [0.15, 0.2) is 0 Å². The van der Waals surface area contributed by atoms with E-state index in [1.165, 1.54) is 18.1 Å². The van der Waals surface area contributed by atoms with Gasteiger partial charge in [0.15, 0.2) is 8.32 Å². The molecule has 0 aliphatic carbocycles. The fraction of sp³-hybridized carbons (Fsp3) is 0.900. The predicted molar refractivity (Wildman–Crippen MR) is 63.5 cm³/mol. The first-order valence-corrected chi connectivity index (χ1v) is 7.60. The van der Waals surface area contributed by atoms with Crippen molar-refractivity contribution in [1.29, 1.82) is 0 Å². The van der Waals surface area contributed by atoms with Gasteiger partial charge in [0.2, 0.25) is 0 Å². The Bertz CT molecular complexity index is 119. The molecule has 0 aliphatic rings. The Balaban J connectivity index is -0.000000605. The standard InChI is InChI=1S/C10H23OSi.HI.Mg/c1-6-9-12(7-2,8-3)11-10(4)5;;/h10H,1,6-9H2,2-5H3;1H;/q-1;;+2/p-1. The zero-order valence-electron chi connectivity index (χ0n) is 10.1. The quantitative estimate of drug-likeness (QED) is 0.383. The molecule has 0 radical (unpaired) electrons. The molecule has 0 amide bonds. The molecule has 0 rings (SSSR count). The van der Waals surface area contributed by atoms with Gasteiger partial charge in [0.25, 0.3) is 0 Å². The summed E-state index contributed by atoms with van der Waals surface area (Å²) in [5.41, 5.74) is 0. The fourth-order valence-electron chi connectivity index (χ4n) is 1.65. The van der Waals surface area contributed by atoms with E-state index in [4.69, 9.17) is 4.43 Å². The Labute approximate surface area is 124 Å². The molecule has 0 saturated carbocycles. The molecule has 0 aromatic carbocycles. The van der Waals surface area contributed by atoms with Crippen LogP contribution in [0.2, 0.25) is 18.1 Å². The third-order valence-corrected chi connectivity index (χ3v) is 7.22. The average Bonchev–Trinajstić information content (AvgIpc) is 2.03. The van der Waals surface area contributed by atoms with Gasteiger partial charge in [-0.3, -0.25) is 0 Å². The molecule has 0 N–H and O–H groups in total. The molecule has 0 atom stereocenters. The van der Waals surface area contributed by atoms with Crippen molar-refractivity contribution < 1.29 is 28.4 Å². The van der Waals surface area contributed by atoms with Gasteiger partial charge in [-0.15, -0.1) is 0 Å². The molecule has 4 heteroatoms. The Hall–Kier alpha value is 1.67. The largest absolute Gasteiger partial charge is 2.00 e. The van der Waals surface area contributed by atoms with Gasteiger partial charge in [0, 0.05) is 6.10 Å². The van der Waals surface area contributed by atoms with Gasteiger partial charge in [-0.25, -0.2) is 0 Å². The molecule has 1 nitrogen and oxygen atoms in total. The fourth-order valence-corrected chi connectivity index (χ4v) is 4.95. The van der Waals surface area contributed by atoms with Crippen LogP contribution in [0.4, 0.5) is 0 Å². The van der Waals surface area contributed by atoms with Crippen molar-refractivity contribution in [3.05, 3.63) is 6.92 Å². The van der Waals surface area contributed by atoms with Crippen LogP contribution in [-0.2, 0) is 4.43 Å². The monoisotopic (exact) mass is 338 g/mol. The molecule has 0 unspecified atom stereocenters. The summed E-state index contributed by atoms with van der Waals surface area (Å²) in [6.07, 6.45) is 1.42. The molecule has 0 aliphatic heterocycles. The van der Waals surface area contributed by atoms with Crippen molar-refractivity contribution in [2.75, 3.05) is 0 Å². The molecule has 0 saturated heterocycles. The molecule has 0 aromatic heterocycles. The summed E-state index contributed by atoms with van der Waals surface area (Å²) in [6, 6.07) is 3.69. The molecule has 0 spiro atoms. The van der Waals surface area contributed by atoms with Crippen LogP contribution in [0.5, 0.6) is 0 Å². The Morgan fingerprint density at radius 1 is 1.21 bits per heavy atom. The maximum absolute atomic E-state index is 6.08. The van der Waals surface area contributed by atoms with Crippen LogP contribution in [0.1, 0.15) is 34.1 Å². The van der Waals surface area contributed by atoms with Crippen molar-refractivity contribution in [2.24, 2.45) is 0 Å². The second-order valence-electron chi connectivity index (χ2n) is 3.66. The van der Waals surface area contributed by atoms with E-state index in [1.807, 2.05) is 0 Å². The number of hydrogen-bond acceptors (Lipinski definition) is 1. The van der Waals surface area contributed by atoms with Gasteiger partial charge in [-0.2, -0.15) is 6.42 Å². The van der Waals surface area contributed by atoms with E-state index < -0.39 is 8.32 Å². The SMILES string of the molecule is [CH2-]CC[Si](CC)(CC)OC(C)C.[I-].[Mg+2]. The molecule has 0 heterocycles. The van der Waals surface area contributed by atoms with E-state index in [9.17, 15) is 0 Å². The molecule has 14 heavy (non-hydrogen) atoms. The van der Waals surface area contributed by atoms with Gasteiger partial charge in [-0.1, -0.05) is 19.9 Å². The van der Waals surface area contributed by atoms with Crippen molar-refractivity contribution >= 4 is 31.4 Å². The maximum Gasteiger partial charge on any atom is 2.00 e. The summed E-state index contributed by atoms with van der Waals surface area (Å²) in [4.78, 5) is 0. The summed E-state index contributed by atoms with van der Waals surface area (Å²) >= 11 is 0. The Kier molecular flexibility index (Phi) is 16.8. The molecule has 82 valence electrons. The van der Waals surface area contributed by atoms with Crippen molar-refractivity contribution in [1.82, 2.24) is 0 Å². The van der Waals surface area contributed by atoms with Crippen LogP contribution >= 0.6 is 0 Å². The van der Waals surface area contributed by atoms with E-state index in [0.717, 1.165) is 6.42 Å². The van der Waals surface area contributed by atoms with E-state index in [1.54, 1.807) is 0 Å². The molecular formula is C10H23IMgOSi. The predicted octanol–water partition coefficient (Wildman–Crippen LogP) is 0.244. The second kappa shape index (κ2) is 11.2. The topological polar surface area (TPSA) is 9.23 Å². The smallest absolute Gasteiger partial charge is 1.00 e. The second-order valence-corrected chi connectivity index (χ2v) is 8.18. The first-order valence-electron chi connectivity index (χ1n) is 5.07. The van der Waals surface area contributed by atoms with Crippen LogP contribution in [-0.4, -0.2) is 37.5 Å². The minimum atomic E-state index is -1.37. The first-order chi connectivity index (χ1) is 5.60. The first kappa shape index (κ1) is 21.0. The normalized spacial score (nSPS) is 10.7. The van der Waals surface area contributed by atoms with Crippen LogP contribution in [0.3, 0.4) is 0 Å². The zero-order valence-corrected chi connectivity index (χ0v) is 14.7. The van der Waals surface area contributed by atoms with Gasteiger partial charge in [-0.05, 0) is 25.9 Å². The van der Waals surface area contributed by atoms with Gasteiger partial charge in [0.1, 0.15) is 0 Å². The third kappa shape index (κ3) is 7.90. The summed E-state index contributed by atoms with van der Waals surface area (Å²) in [5, 5.41) is 0. The number of hydrogen-bond donors (Lipinski definition) is 0. The van der Waals surface area contributed by atoms with Crippen LogP contribution < -0.4 is 24.0 Å². The molecule has 0 aromatic rings. The van der Waals surface area contributed by atoms with Crippen LogP contribution in [0.25, 0.3) is 0 Å². The number of halogens is 1. The van der Waals surface area contributed by atoms with Crippen LogP contribution in [0, 0.1) is 6.92 Å². The Morgan fingerprint density at radius 2 is 1.64 bits per heavy atom. The molecule has 0 bridgehead atoms. The van der Waals surface area contributed by atoms with Crippen molar-refractivity contribution in [3.63, 3.8) is 0 Å². The van der Waals surface area contributed by atoms with Crippen molar-refractivity contribution in [2.45, 2.75) is 58.4 Å². The minimum Gasteiger partial charge on any atom is -1.00 e. The van der Waals surface area contributed by atoms with Crippen molar-refractivity contribution in [3.8, 4) is 0 Å². The van der Waals surface area contributed by atoms with Gasteiger partial charge >= 0.3 is 23.1 Å². The number of rotatable bonds is 6. The summed E-state index contributed by atoms with van der Waals surface area (Å²) in [6.45, 7) is 12.7. The van der Waals surface area contributed by atoms with Gasteiger partial charge < -0.3 is 35.3 Å². The molecule has 0 fully saturated rings. The summed E-state index contributed by atoms with van der Waals surface area (Å²) in [5.74, 6) is 0. The van der Waals surface area contributed by atoms with E-state index in [0.29, 0.717) is 6.10 Å². The minimum absolute atomic E-state index is 0. The summed E-state index contributed by atoms with van der Waals surface area (Å²) in [7, 11) is -1.37. The van der Waals surface area contributed by atoms with E-state index in [2.05, 4.69) is 34.6 Å². The zero-order chi connectivity index (χ0) is 9.61. The van der Waals surface area contributed by atoms with Gasteiger partial charge in [0.05, 0.1) is 0 Å².